The number of carbonyl (C=O) groups excluding carboxylic acids is 2. The lowest BCUT2D eigenvalue weighted by atomic mass is 10.0. The second kappa shape index (κ2) is 7.68. The Hall–Kier alpha value is -3.41. The molecule has 1 aromatic heterocycles. The third-order valence-electron chi connectivity index (χ3n) is 4.43. The van der Waals surface area contributed by atoms with Gasteiger partial charge >= 0.3 is 11.9 Å². The highest BCUT2D eigenvalue weighted by atomic mass is 16.6. The molecule has 0 aliphatic heterocycles. The first kappa shape index (κ1) is 19.4. The monoisotopic (exact) mass is 378 g/mol. The summed E-state index contributed by atoms with van der Waals surface area (Å²) < 4.78 is 12.1. The van der Waals surface area contributed by atoms with Crippen LogP contribution in [0.25, 0.3) is 22.5 Å². The standard InChI is InChI=1S/C22H22N2O4/c1-13-6-7-17(10-14(13)2)19-12-20(24(5)23-19)18-8-9-21(27-15(3)25)22(11-18)28-16(4)26/h6-12H,1-5H3. The number of ether oxygens (including phenoxy) is 2. The van der Waals surface area contributed by atoms with Gasteiger partial charge in [0.05, 0.1) is 11.4 Å². The SMILES string of the molecule is CC(=O)Oc1ccc(-c2cc(-c3ccc(C)c(C)c3)nn2C)cc1OC(C)=O. The minimum atomic E-state index is -0.494. The Labute approximate surface area is 163 Å². The molecule has 144 valence electrons. The number of aryl methyl sites for hydroxylation is 3. The van der Waals surface area contributed by atoms with Gasteiger partial charge in [-0.1, -0.05) is 12.1 Å². The fourth-order valence-corrected chi connectivity index (χ4v) is 2.92. The third-order valence-corrected chi connectivity index (χ3v) is 4.43. The highest BCUT2D eigenvalue weighted by molar-refractivity contribution is 5.76. The zero-order chi connectivity index (χ0) is 20.4. The normalized spacial score (nSPS) is 10.6. The summed E-state index contributed by atoms with van der Waals surface area (Å²) in [4.78, 5) is 22.7. The molecule has 0 aliphatic carbocycles. The number of hydrogen-bond acceptors (Lipinski definition) is 5. The first-order valence-corrected chi connectivity index (χ1v) is 8.87. The van der Waals surface area contributed by atoms with E-state index in [4.69, 9.17) is 9.47 Å². The Kier molecular flexibility index (Phi) is 5.31. The molecule has 0 atom stereocenters. The predicted molar refractivity (Wildman–Crippen MR) is 106 cm³/mol. The van der Waals surface area contributed by atoms with Crippen molar-refractivity contribution in [3.63, 3.8) is 0 Å². The van der Waals surface area contributed by atoms with Crippen molar-refractivity contribution in [3.8, 4) is 34.0 Å². The Bertz CT molecular complexity index is 1070. The molecule has 0 bridgehead atoms. The van der Waals surface area contributed by atoms with Gasteiger partial charge in [0.2, 0.25) is 0 Å². The number of hydrogen-bond donors (Lipinski definition) is 0. The van der Waals surface area contributed by atoms with Crippen molar-refractivity contribution >= 4 is 11.9 Å². The minimum Gasteiger partial charge on any atom is -0.423 e. The summed E-state index contributed by atoms with van der Waals surface area (Å²) in [6, 6.07) is 13.3. The van der Waals surface area contributed by atoms with Gasteiger partial charge in [-0.05, 0) is 55.3 Å². The lowest BCUT2D eigenvalue weighted by Crippen LogP contribution is -2.07. The quantitative estimate of drug-likeness (QED) is 0.502. The van der Waals surface area contributed by atoms with Crippen LogP contribution in [0.1, 0.15) is 25.0 Å². The van der Waals surface area contributed by atoms with Crippen LogP contribution in [0.5, 0.6) is 11.5 Å². The molecule has 0 saturated heterocycles. The van der Waals surface area contributed by atoms with E-state index in [-0.39, 0.29) is 11.5 Å². The maximum absolute atomic E-state index is 11.4. The van der Waals surface area contributed by atoms with Crippen LogP contribution in [0, 0.1) is 13.8 Å². The molecule has 6 heteroatoms. The van der Waals surface area contributed by atoms with Crippen LogP contribution in [0.4, 0.5) is 0 Å². The molecule has 0 fully saturated rings. The molecule has 2 aromatic carbocycles. The fourth-order valence-electron chi connectivity index (χ4n) is 2.92. The van der Waals surface area contributed by atoms with Crippen molar-refractivity contribution in [1.29, 1.82) is 0 Å². The molecule has 0 N–H and O–H groups in total. The maximum Gasteiger partial charge on any atom is 0.308 e. The average molecular weight is 378 g/mol. The van der Waals surface area contributed by atoms with Crippen molar-refractivity contribution in [3.05, 3.63) is 53.6 Å². The Balaban J connectivity index is 2.03. The summed E-state index contributed by atoms with van der Waals surface area (Å²) >= 11 is 0. The Morgan fingerprint density at radius 3 is 2.11 bits per heavy atom. The van der Waals surface area contributed by atoms with E-state index in [1.54, 1.807) is 22.9 Å². The first-order chi connectivity index (χ1) is 13.2. The largest absolute Gasteiger partial charge is 0.423 e. The van der Waals surface area contributed by atoms with E-state index in [9.17, 15) is 9.59 Å². The molecular weight excluding hydrogens is 356 g/mol. The maximum atomic E-state index is 11.4. The summed E-state index contributed by atoms with van der Waals surface area (Å²) in [5, 5.41) is 4.61. The molecule has 3 rings (SSSR count). The van der Waals surface area contributed by atoms with Crippen molar-refractivity contribution in [2.45, 2.75) is 27.7 Å². The molecule has 0 radical (unpaired) electrons. The van der Waals surface area contributed by atoms with Gasteiger partial charge in [0.15, 0.2) is 11.5 Å². The molecule has 1 heterocycles. The predicted octanol–water partition coefficient (Wildman–Crippen LogP) is 4.22. The number of esters is 2. The number of rotatable bonds is 4. The average Bonchev–Trinajstić information content (AvgIpc) is 3.00. The van der Waals surface area contributed by atoms with Gasteiger partial charge < -0.3 is 9.47 Å². The molecule has 0 spiro atoms. The number of aromatic nitrogens is 2. The summed E-state index contributed by atoms with van der Waals surface area (Å²) in [7, 11) is 1.85. The molecule has 0 aliphatic rings. The minimum absolute atomic E-state index is 0.189. The van der Waals surface area contributed by atoms with Crippen LogP contribution in [0.3, 0.4) is 0 Å². The van der Waals surface area contributed by atoms with Gasteiger partial charge in [0.1, 0.15) is 0 Å². The van der Waals surface area contributed by atoms with E-state index < -0.39 is 11.9 Å². The molecular formula is C22H22N2O4. The fraction of sp³-hybridized carbons (Fsp3) is 0.227. The second-order valence-electron chi connectivity index (χ2n) is 6.69. The van der Waals surface area contributed by atoms with Crippen LogP contribution in [-0.2, 0) is 16.6 Å². The van der Waals surface area contributed by atoms with Gasteiger partial charge in [0, 0.05) is 32.0 Å². The van der Waals surface area contributed by atoms with Gasteiger partial charge in [-0.3, -0.25) is 14.3 Å². The van der Waals surface area contributed by atoms with E-state index in [0.29, 0.717) is 0 Å². The number of nitrogens with zero attached hydrogens (tertiary/aromatic N) is 2. The topological polar surface area (TPSA) is 70.4 Å². The smallest absolute Gasteiger partial charge is 0.308 e. The van der Waals surface area contributed by atoms with Crippen molar-refractivity contribution in [2.75, 3.05) is 0 Å². The highest BCUT2D eigenvalue weighted by Crippen LogP contribution is 2.34. The van der Waals surface area contributed by atoms with E-state index in [2.05, 4.69) is 31.1 Å². The van der Waals surface area contributed by atoms with Crippen LogP contribution in [0.15, 0.2) is 42.5 Å². The van der Waals surface area contributed by atoms with Gasteiger partial charge in [0.25, 0.3) is 0 Å². The lowest BCUT2D eigenvalue weighted by molar-refractivity contribution is -0.134. The Morgan fingerprint density at radius 1 is 0.821 bits per heavy atom. The summed E-state index contributed by atoms with van der Waals surface area (Å²) in [6.45, 7) is 6.74. The molecule has 0 saturated carbocycles. The van der Waals surface area contributed by atoms with E-state index in [1.807, 2.05) is 19.2 Å². The zero-order valence-electron chi connectivity index (χ0n) is 16.6. The summed E-state index contributed by atoms with van der Waals surface area (Å²) in [6.07, 6.45) is 0. The second-order valence-corrected chi connectivity index (χ2v) is 6.69. The number of carbonyl (C=O) groups is 2. The molecule has 3 aromatic rings. The van der Waals surface area contributed by atoms with Crippen molar-refractivity contribution in [1.82, 2.24) is 9.78 Å². The van der Waals surface area contributed by atoms with Gasteiger partial charge in [-0.25, -0.2) is 0 Å². The molecule has 0 amide bonds. The van der Waals surface area contributed by atoms with Crippen LogP contribution in [-0.4, -0.2) is 21.7 Å². The molecule has 6 nitrogen and oxygen atoms in total. The first-order valence-electron chi connectivity index (χ1n) is 8.87. The summed E-state index contributed by atoms with van der Waals surface area (Å²) in [5.41, 5.74) is 5.94. The zero-order valence-corrected chi connectivity index (χ0v) is 16.6. The van der Waals surface area contributed by atoms with Crippen molar-refractivity contribution in [2.24, 2.45) is 7.05 Å². The number of benzene rings is 2. The van der Waals surface area contributed by atoms with E-state index in [1.165, 1.54) is 25.0 Å². The third kappa shape index (κ3) is 4.11. The van der Waals surface area contributed by atoms with E-state index >= 15 is 0 Å². The lowest BCUT2D eigenvalue weighted by Gasteiger charge is -2.10. The van der Waals surface area contributed by atoms with Crippen molar-refractivity contribution < 1.29 is 19.1 Å². The van der Waals surface area contributed by atoms with Gasteiger partial charge in [-0.15, -0.1) is 0 Å². The highest BCUT2D eigenvalue weighted by Gasteiger charge is 2.15. The summed E-state index contributed by atoms with van der Waals surface area (Å²) in [5.74, 6) is -0.595. The Morgan fingerprint density at radius 2 is 1.46 bits per heavy atom. The molecule has 0 unspecified atom stereocenters. The molecule has 28 heavy (non-hydrogen) atoms. The van der Waals surface area contributed by atoms with Gasteiger partial charge in [-0.2, -0.15) is 5.10 Å². The van der Waals surface area contributed by atoms with Crippen LogP contribution >= 0.6 is 0 Å². The van der Waals surface area contributed by atoms with Crippen LogP contribution < -0.4 is 9.47 Å². The van der Waals surface area contributed by atoms with Crippen LogP contribution in [0.2, 0.25) is 0 Å². The van der Waals surface area contributed by atoms with E-state index in [0.717, 1.165) is 22.5 Å².